The fourth-order valence-electron chi connectivity index (χ4n) is 2.79. The third kappa shape index (κ3) is 8.72. The van der Waals surface area contributed by atoms with E-state index in [1.807, 2.05) is 0 Å². The monoisotopic (exact) mass is 392 g/mol. The van der Waals surface area contributed by atoms with E-state index in [1.165, 1.54) is 0 Å². The van der Waals surface area contributed by atoms with Gasteiger partial charge in [0.1, 0.15) is 0 Å². The highest BCUT2D eigenvalue weighted by Crippen LogP contribution is 2.37. The number of nitrogens with zero attached hydrogens (tertiary/aromatic N) is 1. The highest BCUT2D eigenvalue weighted by atomic mass is 19.4. The van der Waals surface area contributed by atoms with E-state index in [9.17, 15) is 35.9 Å². The first-order valence-corrected chi connectivity index (χ1v) is 8.12. The molecule has 11 heteroatoms. The van der Waals surface area contributed by atoms with Crippen molar-refractivity contribution in [1.82, 2.24) is 10.2 Å². The quantitative estimate of drug-likeness (QED) is 0.535. The molecule has 0 saturated heterocycles. The maximum absolute atomic E-state index is 12.6. The van der Waals surface area contributed by atoms with Gasteiger partial charge in [0.05, 0.1) is 32.5 Å². The van der Waals surface area contributed by atoms with Gasteiger partial charge in [-0.25, -0.2) is 0 Å². The molecule has 0 aromatic heterocycles. The van der Waals surface area contributed by atoms with Gasteiger partial charge in [-0.3, -0.25) is 14.5 Å². The Labute approximate surface area is 147 Å². The highest BCUT2D eigenvalue weighted by molar-refractivity contribution is 5.79. The SMILES string of the molecule is COC(=O)CN(CCC(F)(F)F)CC(=O)NC1CCC(C(F)(F)F)CC1. The molecule has 1 aliphatic carbocycles. The van der Waals surface area contributed by atoms with E-state index in [4.69, 9.17) is 0 Å². The van der Waals surface area contributed by atoms with Gasteiger partial charge in [0.25, 0.3) is 0 Å². The molecule has 1 fully saturated rings. The summed E-state index contributed by atoms with van der Waals surface area (Å²) in [5, 5.41) is 2.53. The summed E-state index contributed by atoms with van der Waals surface area (Å²) in [7, 11) is 1.07. The molecule has 0 heterocycles. The highest BCUT2D eigenvalue weighted by Gasteiger charge is 2.41. The Morgan fingerprint density at radius 2 is 1.62 bits per heavy atom. The van der Waals surface area contributed by atoms with Crippen molar-refractivity contribution < 1.29 is 40.7 Å². The number of hydrogen-bond donors (Lipinski definition) is 1. The van der Waals surface area contributed by atoms with E-state index in [1.54, 1.807) is 0 Å². The topological polar surface area (TPSA) is 58.6 Å². The number of carbonyl (C=O) groups is 2. The summed E-state index contributed by atoms with van der Waals surface area (Å²) in [6.07, 6.45) is -9.81. The normalized spacial score (nSPS) is 21.5. The van der Waals surface area contributed by atoms with Crippen LogP contribution in [-0.2, 0) is 14.3 Å². The van der Waals surface area contributed by atoms with Crippen LogP contribution in [0, 0.1) is 5.92 Å². The Hall–Kier alpha value is -1.52. The molecule has 26 heavy (non-hydrogen) atoms. The zero-order valence-electron chi connectivity index (χ0n) is 14.3. The first kappa shape index (κ1) is 22.5. The molecular formula is C15H22F6N2O3. The van der Waals surface area contributed by atoms with Crippen molar-refractivity contribution in [2.75, 3.05) is 26.7 Å². The van der Waals surface area contributed by atoms with Gasteiger partial charge in [-0.05, 0) is 25.7 Å². The fourth-order valence-corrected chi connectivity index (χ4v) is 2.79. The number of carbonyl (C=O) groups excluding carboxylic acids is 2. The van der Waals surface area contributed by atoms with Gasteiger partial charge in [-0.1, -0.05) is 0 Å². The lowest BCUT2D eigenvalue weighted by Crippen LogP contribution is -2.46. The van der Waals surface area contributed by atoms with E-state index in [0.717, 1.165) is 12.0 Å². The van der Waals surface area contributed by atoms with Crippen LogP contribution in [-0.4, -0.2) is 61.9 Å². The molecule has 0 radical (unpaired) electrons. The number of esters is 1. The maximum atomic E-state index is 12.6. The number of amides is 1. The molecule has 1 rings (SSSR count). The van der Waals surface area contributed by atoms with Gasteiger partial charge in [-0.2, -0.15) is 26.3 Å². The largest absolute Gasteiger partial charge is 0.468 e. The third-order valence-corrected chi connectivity index (χ3v) is 4.21. The molecule has 1 amide bonds. The molecule has 0 bridgehead atoms. The second kappa shape index (κ2) is 9.43. The van der Waals surface area contributed by atoms with Crippen molar-refractivity contribution in [3.05, 3.63) is 0 Å². The molecule has 1 N–H and O–H groups in total. The summed E-state index contributed by atoms with van der Waals surface area (Å²) in [6, 6.07) is -0.455. The Morgan fingerprint density at radius 3 is 2.08 bits per heavy atom. The number of nitrogens with one attached hydrogen (secondary N) is 1. The molecule has 0 aliphatic heterocycles. The first-order chi connectivity index (χ1) is 11.9. The van der Waals surface area contributed by atoms with Crippen LogP contribution >= 0.6 is 0 Å². The van der Waals surface area contributed by atoms with Crippen molar-refractivity contribution in [3.8, 4) is 0 Å². The van der Waals surface area contributed by atoms with Gasteiger partial charge in [-0.15, -0.1) is 0 Å². The minimum Gasteiger partial charge on any atom is -0.468 e. The van der Waals surface area contributed by atoms with Crippen molar-refractivity contribution in [3.63, 3.8) is 0 Å². The number of alkyl halides is 6. The van der Waals surface area contributed by atoms with Crippen LogP contribution in [0.5, 0.6) is 0 Å². The number of halogens is 6. The zero-order chi connectivity index (χ0) is 20.0. The molecule has 1 saturated carbocycles. The van der Waals surface area contributed by atoms with E-state index in [0.29, 0.717) is 0 Å². The predicted molar refractivity (Wildman–Crippen MR) is 79.1 cm³/mol. The molecular weight excluding hydrogens is 370 g/mol. The Bertz CT molecular complexity index is 473. The zero-order valence-corrected chi connectivity index (χ0v) is 14.3. The van der Waals surface area contributed by atoms with Crippen LogP contribution in [0.25, 0.3) is 0 Å². The molecule has 0 atom stereocenters. The summed E-state index contributed by atoms with van der Waals surface area (Å²) >= 11 is 0. The third-order valence-electron chi connectivity index (χ3n) is 4.21. The molecule has 0 aromatic carbocycles. The molecule has 0 spiro atoms. The van der Waals surface area contributed by atoms with Gasteiger partial charge in [0, 0.05) is 12.6 Å². The average molecular weight is 392 g/mol. The lowest BCUT2D eigenvalue weighted by molar-refractivity contribution is -0.182. The van der Waals surface area contributed by atoms with Gasteiger partial charge in [0.2, 0.25) is 5.91 Å². The Balaban J connectivity index is 2.49. The minimum atomic E-state index is -4.44. The van der Waals surface area contributed by atoms with Crippen molar-refractivity contribution >= 4 is 11.9 Å². The smallest absolute Gasteiger partial charge is 0.391 e. The van der Waals surface area contributed by atoms with Crippen LogP contribution in [0.2, 0.25) is 0 Å². The summed E-state index contributed by atoms with van der Waals surface area (Å²) in [4.78, 5) is 24.2. The van der Waals surface area contributed by atoms with Crippen LogP contribution in [0.15, 0.2) is 0 Å². The van der Waals surface area contributed by atoms with Gasteiger partial charge >= 0.3 is 18.3 Å². The first-order valence-electron chi connectivity index (χ1n) is 8.12. The second-order valence-electron chi connectivity index (χ2n) is 6.31. The van der Waals surface area contributed by atoms with E-state index < -0.39 is 62.2 Å². The lowest BCUT2D eigenvalue weighted by atomic mass is 9.85. The molecule has 0 aromatic rings. The number of hydrogen-bond acceptors (Lipinski definition) is 4. The maximum Gasteiger partial charge on any atom is 0.391 e. The molecule has 5 nitrogen and oxygen atoms in total. The van der Waals surface area contributed by atoms with Crippen molar-refractivity contribution in [2.24, 2.45) is 5.92 Å². The lowest BCUT2D eigenvalue weighted by Gasteiger charge is -2.31. The van der Waals surface area contributed by atoms with E-state index >= 15 is 0 Å². The fraction of sp³-hybridized carbons (Fsp3) is 0.867. The predicted octanol–water partition coefficient (Wildman–Crippen LogP) is 2.65. The number of ether oxygens (including phenoxy) is 1. The molecule has 1 aliphatic rings. The average Bonchev–Trinajstić information content (AvgIpc) is 2.51. The van der Waals surface area contributed by atoms with Crippen LogP contribution < -0.4 is 5.32 Å². The van der Waals surface area contributed by atoms with E-state index in [2.05, 4.69) is 10.1 Å². The Kier molecular flexibility index (Phi) is 8.16. The van der Waals surface area contributed by atoms with Gasteiger partial charge in [0.15, 0.2) is 0 Å². The van der Waals surface area contributed by atoms with Gasteiger partial charge < -0.3 is 10.1 Å². The standard InChI is InChI=1S/C15H22F6N2O3/c1-26-13(25)9-23(7-6-14(16,17)18)8-12(24)22-11-4-2-10(3-5-11)15(19,20)21/h10-11H,2-9H2,1H3,(H,22,24). The van der Waals surface area contributed by atoms with Crippen LogP contribution in [0.1, 0.15) is 32.1 Å². The second-order valence-corrected chi connectivity index (χ2v) is 6.31. The van der Waals surface area contributed by atoms with Crippen molar-refractivity contribution in [1.29, 1.82) is 0 Å². The summed E-state index contributed by atoms with van der Waals surface area (Å²) in [5.74, 6) is -2.81. The van der Waals surface area contributed by atoms with Crippen LogP contribution in [0.4, 0.5) is 26.3 Å². The molecule has 152 valence electrons. The Morgan fingerprint density at radius 1 is 1.04 bits per heavy atom. The number of methoxy groups -OCH3 is 1. The van der Waals surface area contributed by atoms with Crippen molar-refractivity contribution in [2.45, 2.75) is 50.5 Å². The minimum absolute atomic E-state index is 0.103. The van der Waals surface area contributed by atoms with E-state index in [-0.39, 0.29) is 25.7 Å². The van der Waals surface area contributed by atoms with Crippen LogP contribution in [0.3, 0.4) is 0 Å². The molecule has 0 unspecified atom stereocenters. The number of rotatable bonds is 7. The summed E-state index contributed by atoms with van der Waals surface area (Å²) in [6.45, 7) is -1.52. The summed E-state index contributed by atoms with van der Waals surface area (Å²) < 4.78 is 79.2. The summed E-state index contributed by atoms with van der Waals surface area (Å²) in [5.41, 5.74) is 0.